The van der Waals surface area contributed by atoms with E-state index in [1.807, 2.05) is 11.3 Å². The number of amides is 1. The van der Waals surface area contributed by atoms with Gasteiger partial charge in [0.2, 0.25) is 5.91 Å². The number of carbonyl (C=O) groups excluding carboxylic acids is 1. The lowest BCUT2D eigenvalue weighted by molar-refractivity contribution is -0.119. The maximum atomic E-state index is 11.2. The van der Waals surface area contributed by atoms with Crippen LogP contribution in [0.15, 0.2) is 29.0 Å². The minimum atomic E-state index is -0.254. The highest BCUT2D eigenvalue weighted by Crippen LogP contribution is 2.39. The fourth-order valence-electron chi connectivity index (χ4n) is 2.52. The van der Waals surface area contributed by atoms with Crippen molar-refractivity contribution in [3.63, 3.8) is 0 Å². The number of thiophene rings is 2. The predicted molar refractivity (Wildman–Crippen MR) is 75.0 cm³/mol. The molecule has 1 atom stereocenters. The summed E-state index contributed by atoms with van der Waals surface area (Å²) >= 11 is 3.55. The fraction of sp³-hybridized carbons (Fsp3) is 0.308. The molecule has 0 radical (unpaired) electrons. The van der Waals surface area contributed by atoms with E-state index in [1.54, 1.807) is 11.3 Å². The van der Waals surface area contributed by atoms with E-state index >= 15 is 0 Å². The van der Waals surface area contributed by atoms with E-state index in [4.69, 9.17) is 5.73 Å². The Morgan fingerprint density at radius 3 is 3.00 bits per heavy atom. The second kappa shape index (κ2) is 4.84. The second-order valence-corrected chi connectivity index (χ2v) is 6.38. The number of nitrogens with zero attached hydrogens (tertiary/aromatic N) is 1. The fourth-order valence-corrected chi connectivity index (χ4v) is 4.30. The topological polar surface area (TPSA) is 46.3 Å². The summed E-state index contributed by atoms with van der Waals surface area (Å²) < 4.78 is 0. The molecule has 0 aromatic carbocycles. The van der Waals surface area contributed by atoms with Gasteiger partial charge in [-0.15, -0.1) is 22.7 Å². The van der Waals surface area contributed by atoms with E-state index in [0.29, 0.717) is 6.54 Å². The molecule has 3 nitrogen and oxygen atoms in total. The highest BCUT2D eigenvalue weighted by atomic mass is 32.1. The van der Waals surface area contributed by atoms with Gasteiger partial charge in [0.25, 0.3) is 0 Å². The lowest BCUT2D eigenvalue weighted by atomic mass is 9.98. The number of hydrogen-bond donors (Lipinski definition) is 1. The Hall–Kier alpha value is -1.17. The van der Waals surface area contributed by atoms with Crippen LogP contribution < -0.4 is 5.73 Å². The van der Waals surface area contributed by atoms with Gasteiger partial charge in [0.05, 0.1) is 12.6 Å². The van der Waals surface area contributed by atoms with Crippen LogP contribution in [0.25, 0.3) is 0 Å². The van der Waals surface area contributed by atoms with Crippen LogP contribution in [0.1, 0.15) is 21.4 Å². The third-order valence-corrected chi connectivity index (χ3v) is 5.16. The summed E-state index contributed by atoms with van der Waals surface area (Å²) in [5.74, 6) is -0.254. The summed E-state index contributed by atoms with van der Waals surface area (Å²) in [4.78, 5) is 16.1. The molecule has 1 aliphatic heterocycles. The zero-order chi connectivity index (χ0) is 12.5. The highest BCUT2D eigenvalue weighted by Gasteiger charge is 2.30. The third-order valence-electron chi connectivity index (χ3n) is 3.24. The maximum absolute atomic E-state index is 11.2. The molecule has 1 unspecified atom stereocenters. The minimum Gasteiger partial charge on any atom is -0.369 e. The van der Waals surface area contributed by atoms with Gasteiger partial charge >= 0.3 is 0 Å². The molecule has 18 heavy (non-hydrogen) atoms. The van der Waals surface area contributed by atoms with Crippen LogP contribution in [-0.2, 0) is 11.2 Å². The molecule has 0 spiro atoms. The van der Waals surface area contributed by atoms with Crippen LogP contribution in [0.4, 0.5) is 0 Å². The van der Waals surface area contributed by atoms with Crippen LogP contribution in [0.5, 0.6) is 0 Å². The Morgan fingerprint density at radius 2 is 2.28 bits per heavy atom. The highest BCUT2D eigenvalue weighted by molar-refractivity contribution is 7.10. The monoisotopic (exact) mass is 278 g/mol. The van der Waals surface area contributed by atoms with E-state index in [2.05, 4.69) is 33.9 Å². The SMILES string of the molecule is NC(=O)CN1CCc2sccc2C1c1cccs1. The number of rotatable bonds is 3. The van der Waals surface area contributed by atoms with Crippen molar-refractivity contribution in [2.75, 3.05) is 13.1 Å². The molecule has 2 aromatic rings. The molecule has 2 N–H and O–H groups in total. The molecule has 1 amide bonds. The van der Waals surface area contributed by atoms with Gasteiger partial charge in [-0.25, -0.2) is 0 Å². The van der Waals surface area contributed by atoms with Gasteiger partial charge in [-0.1, -0.05) is 6.07 Å². The van der Waals surface area contributed by atoms with Crippen molar-refractivity contribution in [1.29, 1.82) is 0 Å². The van der Waals surface area contributed by atoms with Crippen LogP contribution in [-0.4, -0.2) is 23.9 Å². The first-order chi connectivity index (χ1) is 8.75. The molecule has 3 rings (SSSR count). The molecule has 2 aromatic heterocycles. The van der Waals surface area contributed by atoms with Gasteiger partial charge in [-0.3, -0.25) is 9.69 Å². The molecule has 0 saturated carbocycles. The minimum absolute atomic E-state index is 0.201. The number of fused-ring (bicyclic) bond motifs is 1. The van der Waals surface area contributed by atoms with Crippen LogP contribution in [0.3, 0.4) is 0 Å². The van der Waals surface area contributed by atoms with Crippen LogP contribution >= 0.6 is 22.7 Å². The molecule has 1 aliphatic rings. The Bertz CT molecular complexity index is 547. The normalized spacial score (nSPS) is 19.7. The second-order valence-electron chi connectivity index (χ2n) is 4.40. The van der Waals surface area contributed by atoms with Crippen LogP contribution in [0, 0.1) is 0 Å². The van der Waals surface area contributed by atoms with Crippen molar-refractivity contribution in [2.24, 2.45) is 5.73 Å². The Labute approximate surface area is 114 Å². The van der Waals surface area contributed by atoms with Crippen molar-refractivity contribution in [2.45, 2.75) is 12.5 Å². The zero-order valence-corrected chi connectivity index (χ0v) is 11.5. The zero-order valence-electron chi connectivity index (χ0n) is 9.83. The molecule has 0 aliphatic carbocycles. The van der Waals surface area contributed by atoms with Gasteiger partial charge in [0, 0.05) is 16.3 Å². The molecule has 94 valence electrons. The summed E-state index contributed by atoms with van der Waals surface area (Å²) in [5, 5.41) is 4.22. The maximum Gasteiger partial charge on any atom is 0.231 e. The van der Waals surface area contributed by atoms with Crippen LogP contribution in [0.2, 0.25) is 0 Å². The molecule has 3 heterocycles. The lowest BCUT2D eigenvalue weighted by Crippen LogP contribution is -2.40. The Balaban J connectivity index is 2.00. The van der Waals surface area contributed by atoms with Crippen molar-refractivity contribution in [3.05, 3.63) is 44.3 Å². The first-order valence-corrected chi connectivity index (χ1v) is 7.63. The molecule has 5 heteroatoms. The van der Waals surface area contributed by atoms with Crippen molar-refractivity contribution >= 4 is 28.6 Å². The van der Waals surface area contributed by atoms with Crippen molar-refractivity contribution < 1.29 is 4.79 Å². The number of hydrogen-bond acceptors (Lipinski definition) is 4. The standard InChI is InChI=1S/C13H14N2OS2/c14-12(16)8-15-5-3-10-9(4-7-18-10)13(15)11-2-1-6-17-11/h1-2,4,6-7,13H,3,5,8H2,(H2,14,16). The van der Waals surface area contributed by atoms with Gasteiger partial charge in [-0.2, -0.15) is 0 Å². The summed E-state index contributed by atoms with van der Waals surface area (Å²) in [6.07, 6.45) is 1.02. The Kier molecular flexibility index (Phi) is 3.20. The molecular formula is C13H14N2OS2. The van der Waals surface area contributed by atoms with Gasteiger partial charge in [0.15, 0.2) is 0 Å². The average Bonchev–Trinajstić information content (AvgIpc) is 2.97. The number of carbonyl (C=O) groups is 1. The first-order valence-electron chi connectivity index (χ1n) is 5.87. The lowest BCUT2D eigenvalue weighted by Gasteiger charge is -2.34. The average molecular weight is 278 g/mol. The number of primary amides is 1. The molecular weight excluding hydrogens is 264 g/mol. The van der Waals surface area contributed by atoms with E-state index in [0.717, 1.165) is 13.0 Å². The van der Waals surface area contributed by atoms with Gasteiger partial charge < -0.3 is 5.73 Å². The smallest absolute Gasteiger partial charge is 0.231 e. The molecule has 0 bridgehead atoms. The molecule has 0 saturated heterocycles. The quantitative estimate of drug-likeness (QED) is 0.936. The molecule has 0 fully saturated rings. The van der Waals surface area contributed by atoms with Crippen molar-refractivity contribution in [1.82, 2.24) is 4.90 Å². The first kappa shape index (κ1) is 11.9. The van der Waals surface area contributed by atoms with E-state index in [1.165, 1.54) is 15.3 Å². The number of nitrogens with two attached hydrogens (primary N) is 1. The van der Waals surface area contributed by atoms with Gasteiger partial charge in [-0.05, 0) is 34.9 Å². The summed E-state index contributed by atoms with van der Waals surface area (Å²) in [6.45, 7) is 1.23. The summed E-state index contributed by atoms with van der Waals surface area (Å²) in [7, 11) is 0. The van der Waals surface area contributed by atoms with E-state index in [-0.39, 0.29) is 11.9 Å². The summed E-state index contributed by atoms with van der Waals surface area (Å²) in [6, 6.07) is 6.57. The summed E-state index contributed by atoms with van der Waals surface area (Å²) in [5.41, 5.74) is 6.70. The van der Waals surface area contributed by atoms with E-state index in [9.17, 15) is 4.79 Å². The predicted octanol–water partition coefficient (Wildman–Crippen LogP) is 2.24. The Morgan fingerprint density at radius 1 is 1.39 bits per heavy atom. The van der Waals surface area contributed by atoms with Crippen molar-refractivity contribution in [3.8, 4) is 0 Å². The van der Waals surface area contributed by atoms with Gasteiger partial charge in [0.1, 0.15) is 0 Å². The third kappa shape index (κ3) is 2.09. The largest absolute Gasteiger partial charge is 0.369 e. The van der Waals surface area contributed by atoms with E-state index < -0.39 is 0 Å².